The van der Waals surface area contributed by atoms with Crippen LogP contribution in [0.4, 0.5) is 0 Å². The zero-order valence-corrected chi connectivity index (χ0v) is 9.01. The van der Waals surface area contributed by atoms with Crippen LogP contribution in [0.2, 0.25) is 0 Å². The monoisotopic (exact) mass is 208 g/mol. The third-order valence-corrected chi connectivity index (χ3v) is 2.28. The Kier molecular flexibility index (Phi) is 4.26. The van der Waals surface area contributed by atoms with Gasteiger partial charge in [-0.05, 0) is 17.7 Å². The lowest BCUT2D eigenvalue weighted by molar-refractivity contribution is -0.103. The van der Waals surface area contributed by atoms with Gasteiger partial charge in [-0.1, -0.05) is 18.2 Å². The number of allylic oxidation sites excluding steroid dienone is 1. The van der Waals surface area contributed by atoms with E-state index in [0.717, 1.165) is 17.6 Å². The topological polar surface area (TPSA) is 26.3 Å². The zero-order valence-electron chi connectivity index (χ0n) is 8.19. The Morgan fingerprint density at radius 1 is 1.43 bits per heavy atom. The number of benzene rings is 1. The second-order valence-electron chi connectivity index (χ2n) is 2.63. The zero-order chi connectivity index (χ0) is 10.4. The summed E-state index contributed by atoms with van der Waals surface area (Å²) in [5.74, 6) is 0.722. The molecule has 0 saturated heterocycles. The number of aldehydes is 1. The fourth-order valence-corrected chi connectivity index (χ4v) is 1.60. The minimum absolute atomic E-state index is 0.648. The molecule has 1 rings (SSSR count). The number of hydrogen-bond donors (Lipinski definition) is 0. The number of methoxy groups -OCH3 is 1. The van der Waals surface area contributed by atoms with Gasteiger partial charge in [-0.25, -0.2) is 0 Å². The molecule has 0 aromatic heterocycles. The van der Waals surface area contributed by atoms with Gasteiger partial charge in [-0.2, -0.15) is 0 Å². The third-order valence-electron chi connectivity index (χ3n) is 1.79. The van der Waals surface area contributed by atoms with Gasteiger partial charge < -0.3 is 4.74 Å². The molecule has 0 spiro atoms. The first kappa shape index (κ1) is 10.9. The molecule has 0 atom stereocenters. The van der Waals surface area contributed by atoms with Gasteiger partial charge in [0.15, 0.2) is 6.29 Å². The fourth-order valence-electron chi connectivity index (χ4n) is 1.16. The molecule has 0 radical (unpaired) electrons. The minimum atomic E-state index is 0.648. The van der Waals surface area contributed by atoms with Crippen LogP contribution in [-0.4, -0.2) is 19.7 Å². The van der Waals surface area contributed by atoms with E-state index in [0.29, 0.717) is 5.57 Å². The molecule has 0 aliphatic carbocycles. The van der Waals surface area contributed by atoms with Crippen molar-refractivity contribution in [3.63, 3.8) is 0 Å². The van der Waals surface area contributed by atoms with E-state index in [1.54, 1.807) is 7.11 Å². The smallest absolute Gasteiger partial charge is 0.151 e. The predicted molar refractivity (Wildman–Crippen MR) is 60.6 cm³/mol. The quantitative estimate of drug-likeness (QED) is 0.562. The maximum absolute atomic E-state index is 10.8. The van der Waals surface area contributed by atoms with Gasteiger partial charge >= 0.3 is 0 Å². The Hall–Kier alpha value is -1.22. The van der Waals surface area contributed by atoms with Crippen molar-refractivity contribution in [2.75, 3.05) is 13.4 Å². The first-order valence-electron chi connectivity index (χ1n) is 4.15. The molecule has 0 saturated carbocycles. The van der Waals surface area contributed by atoms with Crippen molar-refractivity contribution < 1.29 is 9.53 Å². The van der Waals surface area contributed by atoms with Gasteiger partial charge in [0, 0.05) is 11.1 Å². The predicted octanol–water partition coefficient (Wildman–Crippen LogP) is 2.60. The summed E-state index contributed by atoms with van der Waals surface area (Å²) in [6.07, 6.45) is 2.76. The van der Waals surface area contributed by atoms with Gasteiger partial charge in [-0.3, -0.25) is 4.79 Å². The third kappa shape index (κ3) is 2.39. The maximum Gasteiger partial charge on any atom is 0.151 e. The Balaban J connectivity index is 3.15. The average Bonchev–Trinajstić information content (AvgIpc) is 2.26. The van der Waals surface area contributed by atoms with E-state index in [-0.39, 0.29) is 0 Å². The van der Waals surface area contributed by atoms with Crippen LogP contribution in [0.3, 0.4) is 0 Å². The molecular formula is C11H12O2S. The van der Waals surface area contributed by atoms with Gasteiger partial charge in [0.2, 0.25) is 0 Å². The summed E-state index contributed by atoms with van der Waals surface area (Å²) in [5, 5.41) is 1.81. The van der Waals surface area contributed by atoms with Crippen LogP contribution >= 0.6 is 11.8 Å². The Morgan fingerprint density at radius 3 is 2.71 bits per heavy atom. The standard InChI is InChI=1S/C11H12O2S/c1-13-11-6-4-3-5-10(11)9(7-12)8-14-2/h3-8H,1-2H3. The molecule has 0 amide bonds. The summed E-state index contributed by atoms with van der Waals surface area (Å²) < 4.78 is 5.17. The molecule has 0 N–H and O–H groups in total. The Morgan fingerprint density at radius 2 is 2.14 bits per heavy atom. The number of carbonyl (C=O) groups excluding carboxylic acids is 1. The molecule has 0 unspecified atom stereocenters. The molecule has 0 bridgehead atoms. The van der Waals surface area contributed by atoms with Crippen molar-refractivity contribution in [3.05, 3.63) is 35.2 Å². The molecule has 1 aromatic rings. The molecule has 0 fully saturated rings. The van der Waals surface area contributed by atoms with Crippen LogP contribution in [0.15, 0.2) is 29.7 Å². The SMILES string of the molecule is COc1ccccc1C(C=O)=CSC. The van der Waals surface area contributed by atoms with Crippen molar-refractivity contribution in [2.24, 2.45) is 0 Å². The van der Waals surface area contributed by atoms with Crippen molar-refractivity contribution in [2.45, 2.75) is 0 Å². The molecule has 3 heteroatoms. The summed E-state index contributed by atoms with van der Waals surface area (Å²) in [5.41, 5.74) is 1.48. The molecule has 2 nitrogen and oxygen atoms in total. The van der Waals surface area contributed by atoms with Crippen molar-refractivity contribution in [3.8, 4) is 5.75 Å². The van der Waals surface area contributed by atoms with Crippen LogP contribution in [0.1, 0.15) is 5.56 Å². The van der Waals surface area contributed by atoms with E-state index < -0.39 is 0 Å². The van der Waals surface area contributed by atoms with E-state index >= 15 is 0 Å². The van der Waals surface area contributed by atoms with Crippen LogP contribution in [-0.2, 0) is 4.79 Å². The lowest BCUT2D eigenvalue weighted by Gasteiger charge is -2.06. The van der Waals surface area contributed by atoms with Gasteiger partial charge in [-0.15, -0.1) is 11.8 Å². The molecule has 1 aromatic carbocycles. The highest BCUT2D eigenvalue weighted by Gasteiger charge is 2.05. The second-order valence-corrected chi connectivity index (χ2v) is 3.33. The molecule has 74 valence electrons. The van der Waals surface area contributed by atoms with Gasteiger partial charge in [0.25, 0.3) is 0 Å². The second kappa shape index (κ2) is 5.50. The van der Waals surface area contributed by atoms with E-state index in [2.05, 4.69) is 0 Å². The van der Waals surface area contributed by atoms with Crippen molar-refractivity contribution in [1.29, 1.82) is 0 Å². The summed E-state index contributed by atoms with van der Waals surface area (Å²) in [6.45, 7) is 0. The number of carbonyl (C=O) groups is 1. The highest BCUT2D eigenvalue weighted by Crippen LogP contribution is 2.25. The lowest BCUT2D eigenvalue weighted by atomic mass is 10.1. The van der Waals surface area contributed by atoms with Crippen molar-refractivity contribution in [1.82, 2.24) is 0 Å². The lowest BCUT2D eigenvalue weighted by Crippen LogP contribution is -1.91. The van der Waals surface area contributed by atoms with E-state index in [4.69, 9.17) is 4.74 Å². The first-order valence-corrected chi connectivity index (χ1v) is 5.43. The van der Waals surface area contributed by atoms with Crippen LogP contribution < -0.4 is 4.74 Å². The van der Waals surface area contributed by atoms with Crippen LogP contribution in [0.25, 0.3) is 5.57 Å². The summed E-state index contributed by atoms with van der Waals surface area (Å²) in [7, 11) is 1.60. The number of thioether (sulfide) groups is 1. The summed E-state index contributed by atoms with van der Waals surface area (Å²) >= 11 is 1.50. The van der Waals surface area contributed by atoms with Gasteiger partial charge in [0.1, 0.15) is 5.75 Å². The maximum atomic E-state index is 10.8. The highest BCUT2D eigenvalue weighted by molar-refractivity contribution is 8.01. The normalized spacial score (nSPS) is 11.1. The summed E-state index contributed by atoms with van der Waals surface area (Å²) in [4.78, 5) is 10.8. The fraction of sp³-hybridized carbons (Fsp3) is 0.182. The van der Waals surface area contributed by atoms with Gasteiger partial charge in [0.05, 0.1) is 7.11 Å². The van der Waals surface area contributed by atoms with Crippen LogP contribution in [0, 0.1) is 0 Å². The number of hydrogen-bond acceptors (Lipinski definition) is 3. The van der Waals surface area contributed by atoms with Crippen molar-refractivity contribution >= 4 is 23.6 Å². The largest absolute Gasteiger partial charge is 0.496 e. The Bertz CT molecular complexity index is 345. The summed E-state index contributed by atoms with van der Waals surface area (Å²) in [6, 6.07) is 7.47. The van der Waals surface area contributed by atoms with E-state index in [1.165, 1.54) is 11.8 Å². The van der Waals surface area contributed by atoms with Crippen LogP contribution in [0.5, 0.6) is 5.75 Å². The number of ether oxygens (including phenoxy) is 1. The molecule has 14 heavy (non-hydrogen) atoms. The first-order chi connectivity index (χ1) is 6.83. The minimum Gasteiger partial charge on any atom is -0.496 e. The number of para-hydroxylation sites is 1. The number of rotatable bonds is 4. The molecule has 0 heterocycles. The highest BCUT2D eigenvalue weighted by atomic mass is 32.2. The van der Waals surface area contributed by atoms with E-state index in [1.807, 2.05) is 35.9 Å². The molecule has 0 aliphatic heterocycles. The average molecular weight is 208 g/mol. The molecular weight excluding hydrogens is 196 g/mol. The van der Waals surface area contributed by atoms with E-state index in [9.17, 15) is 4.79 Å². The molecule has 0 aliphatic rings. The Labute approximate surface area is 88.0 Å².